The average molecular weight is 526 g/mol. The number of amides is 3. The van der Waals surface area contributed by atoms with Gasteiger partial charge in [0, 0.05) is 5.75 Å². The molecule has 11 nitrogen and oxygen atoms in total. The molecule has 0 spiro atoms. The van der Waals surface area contributed by atoms with Crippen LogP contribution in [-0.4, -0.2) is 70.4 Å². The molecule has 9 N–H and O–H groups in total. The number of benzene rings is 1. The predicted molar refractivity (Wildman–Crippen MR) is 139 cm³/mol. The van der Waals surface area contributed by atoms with E-state index in [2.05, 4.69) is 28.6 Å². The summed E-state index contributed by atoms with van der Waals surface area (Å²) in [5.41, 5.74) is 12.4. The Balaban J connectivity index is 2.96. The zero-order chi connectivity index (χ0) is 27.3. The highest BCUT2D eigenvalue weighted by Crippen LogP contribution is 2.12. The number of nitrogens with two attached hydrogens (primary N) is 2. The number of phenolic OH excluding ortho intramolecular Hbond substituents is 1. The summed E-state index contributed by atoms with van der Waals surface area (Å²) < 4.78 is 0. The van der Waals surface area contributed by atoms with E-state index in [4.69, 9.17) is 11.5 Å². The molecule has 1 aromatic carbocycles. The second-order valence-electron chi connectivity index (χ2n) is 8.78. The maximum absolute atomic E-state index is 13.2. The maximum Gasteiger partial charge on any atom is 0.327 e. The Morgan fingerprint density at radius 1 is 0.972 bits per heavy atom. The Labute approximate surface area is 217 Å². The molecule has 0 aliphatic rings. The maximum atomic E-state index is 13.2. The van der Waals surface area contributed by atoms with E-state index < -0.39 is 47.9 Å². The number of phenols is 1. The molecule has 0 radical (unpaired) electrons. The van der Waals surface area contributed by atoms with E-state index in [9.17, 15) is 29.4 Å². The molecule has 12 heteroatoms. The van der Waals surface area contributed by atoms with Crippen LogP contribution >= 0.6 is 12.6 Å². The summed E-state index contributed by atoms with van der Waals surface area (Å²) in [5, 5.41) is 26.4. The van der Waals surface area contributed by atoms with Gasteiger partial charge in [0.1, 0.15) is 23.9 Å². The van der Waals surface area contributed by atoms with Gasteiger partial charge in [-0.15, -0.1) is 0 Å². The first-order chi connectivity index (χ1) is 17.0. The highest BCUT2D eigenvalue weighted by atomic mass is 32.1. The number of hydrogen-bond acceptors (Lipinski definition) is 8. The summed E-state index contributed by atoms with van der Waals surface area (Å²) >= 11 is 3.96. The van der Waals surface area contributed by atoms with Crippen LogP contribution in [0, 0.1) is 5.92 Å². The van der Waals surface area contributed by atoms with Gasteiger partial charge < -0.3 is 37.6 Å². The number of carboxylic acid groups (broad SMARTS) is 1. The molecular weight excluding hydrogens is 486 g/mol. The molecule has 5 unspecified atom stereocenters. The van der Waals surface area contributed by atoms with E-state index in [1.54, 1.807) is 19.1 Å². The predicted octanol–water partition coefficient (Wildman–Crippen LogP) is -0.0941. The SMILES string of the molecule is CCC(C)C(NC(=O)C(CCCCN)NC(=O)C(N)Cc1ccc(O)cc1)C(=O)NC(CS)C(=O)O. The van der Waals surface area contributed by atoms with Crippen LogP contribution in [0.25, 0.3) is 0 Å². The van der Waals surface area contributed by atoms with Crippen molar-refractivity contribution < 1.29 is 29.4 Å². The number of thiol groups is 1. The molecule has 0 aliphatic heterocycles. The van der Waals surface area contributed by atoms with Crippen molar-refractivity contribution in [3.63, 3.8) is 0 Å². The molecule has 0 aromatic heterocycles. The lowest BCUT2D eigenvalue weighted by Gasteiger charge is -2.28. The lowest BCUT2D eigenvalue weighted by Crippen LogP contribution is -2.59. The van der Waals surface area contributed by atoms with E-state index in [1.165, 1.54) is 12.1 Å². The van der Waals surface area contributed by atoms with Crippen molar-refractivity contribution in [1.29, 1.82) is 0 Å². The summed E-state index contributed by atoms with van der Waals surface area (Å²) in [6.07, 6.45) is 2.21. The number of carbonyl (C=O) groups excluding carboxylic acids is 3. The molecule has 1 aromatic rings. The molecule has 0 saturated heterocycles. The normalized spacial score (nSPS) is 15.1. The van der Waals surface area contributed by atoms with Crippen LogP contribution in [0.4, 0.5) is 0 Å². The molecule has 5 atom stereocenters. The average Bonchev–Trinajstić information content (AvgIpc) is 2.85. The summed E-state index contributed by atoms with van der Waals surface area (Å²) in [6, 6.07) is 2.16. The smallest absolute Gasteiger partial charge is 0.327 e. The lowest BCUT2D eigenvalue weighted by atomic mass is 9.97. The van der Waals surface area contributed by atoms with Gasteiger partial charge in [-0.1, -0.05) is 32.4 Å². The van der Waals surface area contributed by atoms with Gasteiger partial charge in [-0.2, -0.15) is 12.6 Å². The minimum absolute atomic E-state index is 0.0948. The number of carboxylic acids is 1. The first kappa shape index (κ1) is 31.2. The number of unbranched alkanes of at least 4 members (excludes halogenated alkanes) is 1. The fourth-order valence-corrected chi connectivity index (χ4v) is 3.67. The second kappa shape index (κ2) is 16.0. The van der Waals surface area contributed by atoms with Gasteiger partial charge in [-0.25, -0.2) is 4.79 Å². The fourth-order valence-electron chi connectivity index (χ4n) is 3.42. The minimum Gasteiger partial charge on any atom is -0.508 e. The van der Waals surface area contributed by atoms with Crippen molar-refractivity contribution in [2.75, 3.05) is 12.3 Å². The Hall–Kier alpha value is -2.83. The van der Waals surface area contributed by atoms with E-state index in [1.807, 2.05) is 6.92 Å². The molecule has 0 aliphatic carbocycles. The van der Waals surface area contributed by atoms with Crippen molar-refractivity contribution >= 4 is 36.3 Å². The summed E-state index contributed by atoms with van der Waals surface area (Å²) in [6.45, 7) is 4.02. The van der Waals surface area contributed by atoms with Crippen molar-refractivity contribution in [2.45, 2.75) is 70.1 Å². The minimum atomic E-state index is -1.23. The molecule has 36 heavy (non-hydrogen) atoms. The Morgan fingerprint density at radius 3 is 2.11 bits per heavy atom. The molecule has 0 heterocycles. The third-order valence-electron chi connectivity index (χ3n) is 5.90. The number of aliphatic carboxylic acids is 1. The fraction of sp³-hybridized carbons (Fsp3) is 0.583. The van der Waals surface area contributed by atoms with Crippen molar-refractivity contribution in [3.8, 4) is 5.75 Å². The first-order valence-electron chi connectivity index (χ1n) is 12.0. The van der Waals surface area contributed by atoms with Crippen LogP contribution < -0.4 is 27.4 Å². The highest BCUT2D eigenvalue weighted by Gasteiger charge is 2.32. The van der Waals surface area contributed by atoms with E-state index in [0.29, 0.717) is 25.8 Å². The summed E-state index contributed by atoms with van der Waals surface area (Å²) in [7, 11) is 0. The van der Waals surface area contributed by atoms with Crippen molar-refractivity contribution in [1.82, 2.24) is 16.0 Å². The number of nitrogens with one attached hydrogen (secondary N) is 3. The molecular formula is C24H39N5O6S. The molecule has 0 saturated carbocycles. The quantitative estimate of drug-likeness (QED) is 0.108. The molecule has 202 valence electrons. The van der Waals surface area contributed by atoms with Gasteiger partial charge in [-0.3, -0.25) is 14.4 Å². The van der Waals surface area contributed by atoms with Crippen LogP contribution in [0.2, 0.25) is 0 Å². The van der Waals surface area contributed by atoms with Crippen molar-refractivity contribution in [2.24, 2.45) is 17.4 Å². The largest absolute Gasteiger partial charge is 0.508 e. The van der Waals surface area contributed by atoms with Crippen LogP contribution in [0.15, 0.2) is 24.3 Å². The van der Waals surface area contributed by atoms with Gasteiger partial charge in [0.25, 0.3) is 0 Å². The zero-order valence-electron chi connectivity index (χ0n) is 20.8. The van der Waals surface area contributed by atoms with Gasteiger partial charge in [0.05, 0.1) is 6.04 Å². The Bertz CT molecular complexity index is 869. The monoisotopic (exact) mass is 525 g/mol. The Morgan fingerprint density at radius 2 is 1.58 bits per heavy atom. The van der Waals surface area contributed by atoms with E-state index >= 15 is 0 Å². The number of carbonyl (C=O) groups is 4. The van der Waals surface area contributed by atoms with Gasteiger partial charge in [0.2, 0.25) is 17.7 Å². The molecule has 1 rings (SSSR count). The third-order valence-corrected chi connectivity index (χ3v) is 6.26. The van der Waals surface area contributed by atoms with Crippen LogP contribution in [0.5, 0.6) is 5.75 Å². The lowest BCUT2D eigenvalue weighted by molar-refractivity contribution is -0.142. The highest BCUT2D eigenvalue weighted by molar-refractivity contribution is 7.80. The van der Waals surface area contributed by atoms with Crippen molar-refractivity contribution in [3.05, 3.63) is 29.8 Å². The number of hydrogen-bond donors (Lipinski definition) is 8. The third kappa shape index (κ3) is 10.4. The Kier molecular flexibility index (Phi) is 13.9. The van der Waals surface area contributed by atoms with E-state index in [0.717, 1.165) is 5.56 Å². The van der Waals surface area contributed by atoms with Gasteiger partial charge in [0.15, 0.2) is 0 Å². The van der Waals surface area contributed by atoms with E-state index in [-0.39, 0.29) is 30.3 Å². The summed E-state index contributed by atoms with van der Waals surface area (Å²) in [5.74, 6) is -3.31. The van der Waals surface area contributed by atoms with Crippen LogP contribution in [-0.2, 0) is 25.6 Å². The number of aromatic hydroxyl groups is 1. The van der Waals surface area contributed by atoms with Gasteiger partial charge in [-0.05, 0) is 55.8 Å². The zero-order valence-corrected chi connectivity index (χ0v) is 21.7. The molecule has 3 amide bonds. The first-order valence-corrected chi connectivity index (χ1v) is 12.7. The van der Waals surface area contributed by atoms with Crippen LogP contribution in [0.3, 0.4) is 0 Å². The second-order valence-corrected chi connectivity index (χ2v) is 9.14. The topological polar surface area (TPSA) is 197 Å². The molecule has 0 fully saturated rings. The summed E-state index contributed by atoms with van der Waals surface area (Å²) in [4.78, 5) is 50.1. The standard InChI is InChI=1S/C24H39N5O6S/c1-3-14(2)20(23(33)28-19(13-36)24(34)35)29-22(32)18(6-4-5-11-25)27-21(31)17(26)12-15-7-9-16(30)10-8-15/h7-10,14,17-20,30,36H,3-6,11-13,25-26H2,1-2H3,(H,27,31)(H,28,33)(H,29,32)(H,34,35). The number of rotatable bonds is 16. The van der Waals surface area contributed by atoms with Crippen LogP contribution in [0.1, 0.15) is 45.1 Å². The molecule has 0 bridgehead atoms. The van der Waals surface area contributed by atoms with Gasteiger partial charge >= 0.3 is 5.97 Å².